The van der Waals surface area contributed by atoms with E-state index in [0.717, 1.165) is 19.4 Å². The van der Waals surface area contributed by atoms with E-state index in [0.29, 0.717) is 18.3 Å². The van der Waals surface area contributed by atoms with E-state index in [1.165, 1.54) is 38.5 Å². The van der Waals surface area contributed by atoms with Gasteiger partial charge in [-0.25, -0.2) is 0 Å². The molecule has 0 aromatic heterocycles. The van der Waals surface area contributed by atoms with E-state index < -0.39 is 0 Å². The number of rotatable bonds is 3. The first kappa shape index (κ1) is 11.1. The predicted octanol–water partition coefficient (Wildman–Crippen LogP) is 2.95. The molecule has 1 unspecified atom stereocenters. The van der Waals surface area contributed by atoms with E-state index in [2.05, 4.69) is 0 Å². The molecule has 86 valence electrons. The Balaban J connectivity index is 1.76. The van der Waals surface area contributed by atoms with Crippen molar-refractivity contribution in [2.45, 2.75) is 51.4 Å². The summed E-state index contributed by atoms with van der Waals surface area (Å²) < 4.78 is 5.27. The molecule has 1 saturated carbocycles. The van der Waals surface area contributed by atoms with E-state index in [4.69, 9.17) is 4.74 Å². The summed E-state index contributed by atoms with van der Waals surface area (Å²) >= 11 is 0. The summed E-state index contributed by atoms with van der Waals surface area (Å²) in [5.74, 6) is 1.38. The molecule has 0 radical (unpaired) electrons. The van der Waals surface area contributed by atoms with Gasteiger partial charge >= 0.3 is 0 Å². The van der Waals surface area contributed by atoms with Crippen molar-refractivity contribution in [2.75, 3.05) is 13.2 Å². The fourth-order valence-corrected chi connectivity index (χ4v) is 2.81. The number of ketones is 1. The van der Waals surface area contributed by atoms with Gasteiger partial charge in [-0.05, 0) is 12.3 Å². The van der Waals surface area contributed by atoms with Crippen molar-refractivity contribution >= 4 is 5.78 Å². The summed E-state index contributed by atoms with van der Waals surface area (Å²) in [4.78, 5) is 11.9. The van der Waals surface area contributed by atoms with Gasteiger partial charge in [-0.3, -0.25) is 4.79 Å². The monoisotopic (exact) mass is 210 g/mol. The number of carbonyl (C=O) groups excluding carboxylic acids is 1. The second kappa shape index (κ2) is 5.64. The average molecular weight is 210 g/mol. The van der Waals surface area contributed by atoms with Crippen LogP contribution < -0.4 is 0 Å². The lowest BCUT2D eigenvalue weighted by Gasteiger charge is -2.14. The molecule has 2 nitrogen and oxygen atoms in total. The van der Waals surface area contributed by atoms with Crippen LogP contribution in [0.2, 0.25) is 0 Å². The first-order chi connectivity index (χ1) is 7.36. The van der Waals surface area contributed by atoms with Gasteiger partial charge in [-0.2, -0.15) is 0 Å². The van der Waals surface area contributed by atoms with Crippen LogP contribution in [0.25, 0.3) is 0 Å². The highest BCUT2D eigenvalue weighted by Crippen LogP contribution is 2.27. The lowest BCUT2D eigenvalue weighted by atomic mass is 9.89. The highest BCUT2D eigenvalue weighted by molar-refractivity contribution is 5.81. The minimum Gasteiger partial charge on any atom is -0.381 e. The average Bonchev–Trinajstić information content (AvgIpc) is 2.65. The Bertz CT molecular complexity index is 199. The van der Waals surface area contributed by atoms with Crippen molar-refractivity contribution in [1.29, 1.82) is 0 Å². The summed E-state index contributed by atoms with van der Waals surface area (Å²) in [6.07, 6.45) is 9.75. The Kier molecular flexibility index (Phi) is 4.18. The van der Waals surface area contributed by atoms with Gasteiger partial charge in [0.15, 0.2) is 0 Å². The Morgan fingerprint density at radius 2 is 1.80 bits per heavy atom. The van der Waals surface area contributed by atoms with Crippen molar-refractivity contribution in [3.63, 3.8) is 0 Å². The summed E-state index contributed by atoms with van der Waals surface area (Å²) in [5.41, 5.74) is 0. The zero-order valence-corrected chi connectivity index (χ0v) is 9.54. The van der Waals surface area contributed by atoms with Crippen LogP contribution in [0.1, 0.15) is 51.4 Å². The topological polar surface area (TPSA) is 26.3 Å². The van der Waals surface area contributed by atoms with E-state index in [-0.39, 0.29) is 5.92 Å². The number of hydrogen-bond acceptors (Lipinski definition) is 2. The van der Waals surface area contributed by atoms with Crippen molar-refractivity contribution < 1.29 is 9.53 Å². The lowest BCUT2D eigenvalue weighted by molar-refractivity contribution is -0.123. The largest absolute Gasteiger partial charge is 0.381 e. The summed E-state index contributed by atoms with van der Waals surface area (Å²) in [7, 11) is 0. The maximum atomic E-state index is 11.9. The molecule has 2 heteroatoms. The van der Waals surface area contributed by atoms with Gasteiger partial charge in [0.25, 0.3) is 0 Å². The minimum absolute atomic E-state index is 0.230. The third-order valence-electron chi connectivity index (χ3n) is 3.85. The molecular formula is C13H22O2. The Morgan fingerprint density at radius 1 is 1.07 bits per heavy atom. The molecule has 15 heavy (non-hydrogen) atoms. The third-order valence-corrected chi connectivity index (χ3v) is 3.85. The van der Waals surface area contributed by atoms with Gasteiger partial charge in [0, 0.05) is 18.9 Å². The lowest BCUT2D eigenvalue weighted by Crippen LogP contribution is -2.18. The van der Waals surface area contributed by atoms with Gasteiger partial charge in [0.1, 0.15) is 5.78 Å². The highest BCUT2D eigenvalue weighted by Gasteiger charge is 2.25. The van der Waals surface area contributed by atoms with Crippen LogP contribution in [-0.2, 0) is 9.53 Å². The fraction of sp³-hybridized carbons (Fsp3) is 0.923. The van der Waals surface area contributed by atoms with E-state index >= 15 is 0 Å². The summed E-state index contributed by atoms with van der Waals surface area (Å²) in [5, 5.41) is 0. The van der Waals surface area contributed by atoms with Crippen LogP contribution in [0.15, 0.2) is 0 Å². The van der Waals surface area contributed by atoms with Crippen LogP contribution >= 0.6 is 0 Å². The van der Waals surface area contributed by atoms with Crippen LogP contribution in [0.4, 0.5) is 0 Å². The number of hydrogen-bond donors (Lipinski definition) is 0. The van der Waals surface area contributed by atoms with Crippen LogP contribution in [0.3, 0.4) is 0 Å². The maximum Gasteiger partial charge on any atom is 0.138 e. The Morgan fingerprint density at radius 3 is 2.40 bits per heavy atom. The van der Waals surface area contributed by atoms with E-state index in [1.807, 2.05) is 0 Å². The smallest absolute Gasteiger partial charge is 0.138 e. The number of carbonyl (C=O) groups is 1. The van der Waals surface area contributed by atoms with Crippen LogP contribution in [-0.4, -0.2) is 19.0 Å². The van der Waals surface area contributed by atoms with Crippen LogP contribution in [0, 0.1) is 11.8 Å². The molecule has 0 aromatic carbocycles. The molecule has 1 aliphatic heterocycles. The fourth-order valence-electron chi connectivity index (χ4n) is 2.81. The quantitative estimate of drug-likeness (QED) is 0.669. The van der Waals surface area contributed by atoms with Crippen molar-refractivity contribution in [3.8, 4) is 0 Å². The first-order valence-corrected chi connectivity index (χ1v) is 6.46. The summed E-state index contributed by atoms with van der Waals surface area (Å²) in [6.45, 7) is 1.48. The summed E-state index contributed by atoms with van der Waals surface area (Å²) in [6, 6.07) is 0. The van der Waals surface area contributed by atoms with Crippen molar-refractivity contribution in [3.05, 3.63) is 0 Å². The molecule has 1 heterocycles. The molecule has 1 atom stereocenters. The molecule has 0 spiro atoms. The zero-order chi connectivity index (χ0) is 10.5. The number of Topliss-reactive ketones (excluding diaryl/α,β-unsaturated/α-hetero) is 1. The molecular weight excluding hydrogens is 188 g/mol. The van der Waals surface area contributed by atoms with E-state index in [9.17, 15) is 4.79 Å². The second-order valence-corrected chi connectivity index (χ2v) is 5.09. The van der Waals surface area contributed by atoms with Crippen molar-refractivity contribution in [2.24, 2.45) is 11.8 Å². The molecule has 2 aliphatic rings. The second-order valence-electron chi connectivity index (χ2n) is 5.09. The molecule has 1 aliphatic carbocycles. The Labute approximate surface area is 92.4 Å². The standard InChI is InChI=1S/C13H22O2/c14-13(12-7-8-15-10-12)9-11-5-3-1-2-4-6-11/h11-12H,1-10H2. The van der Waals surface area contributed by atoms with Gasteiger partial charge in [-0.1, -0.05) is 38.5 Å². The van der Waals surface area contributed by atoms with Gasteiger partial charge < -0.3 is 4.74 Å². The van der Waals surface area contributed by atoms with Gasteiger partial charge in [0.2, 0.25) is 0 Å². The molecule has 1 saturated heterocycles. The SMILES string of the molecule is O=C(CC1CCCCCC1)C1CCOC1. The molecule has 0 aromatic rings. The molecule has 2 rings (SSSR count). The van der Waals surface area contributed by atoms with E-state index in [1.54, 1.807) is 0 Å². The maximum absolute atomic E-state index is 11.9. The third kappa shape index (κ3) is 3.30. The van der Waals surface area contributed by atoms with Gasteiger partial charge in [-0.15, -0.1) is 0 Å². The Hall–Kier alpha value is -0.370. The molecule has 0 bridgehead atoms. The predicted molar refractivity (Wildman–Crippen MR) is 59.7 cm³/mol. The molecule has 0 amide bonds. The first-order valence-electron chi connectivity index (χ1n) is 6.46. The van der Waals surface area contributed by atoms with Gasteiger partial charge in [0.05, 0.1) is 6.61 Å². The normalized spacial score (nSPS) is 28.9. The van der Waals surface area contributed by atoms with Crippen molar-refractivity contribution in [1.82, 2.24) is 0 Å². The van der Waals surface area contributed by atoms with Crippen LogP contribution in [0.5, 0.6) is 0 Å². The minimum atomic E-state index is 0.230. The zero-order valence-electron chi connectivity index (χ0n) is 9.54. The molecule has 0 N–H and O–H groups in total. The number of ether oxygens (including phenoxy) is 1. The molecule has 2 fully saturated rings. The highest BCUT2D eigenvalue weighted by atomic mass is 16.5.